The molecule has 0 fully saturated rings. The zero-order valence-electron chi connectivity index (χ0n) is 4.31. The first-order valence-electron chi connectivity index (χ1n) is 2.08. The van der Waals surface area contributed by atoms with Crippen molar-refractivity contribution in [3.63, 3.8) is 0 Å². The first-order chi connectivity index (χ1) is 2.89. The Bertz CT molecular complexity index is 108. The summed E-state index contributed by atoms with van der Waals surface area (Å²) in [6.07, 6.45) is 0. The molecule has 0 heterocycles. The normalized spacial score (nSPS) is 7.57. The topological polar surface area (TPSA) is 0 Å². The molecular formula is C6H7Zr-. The molecule has 0 amide bonds. The predicted octanol–water partition coefficient (Wildman–Crippen LogP) is 1.71. The van der Waals surface area contributed by atoms with Gasteiger partial charge in [-0.2, -0.15) is 17.7 Å². The second-order valence-corrected chi connectivity index (χ2v) is 1.46. The van der Waals surface area contributed by atoms with Crippen LogP contribution in [0.3, 0.4) is 0 Å². The van der Waals surface area contributed by atoms with Crippen molar-refractivity contribution in [1.29, 1.82) is 0 Å². The molecule has 0 saturated carbocycles. The van der Waals surface area contributed by atoms with Crippen LogP contribution in [0, 0.1) is 6.92 Å². The Hall–Kier alpha value is 0.233. The molecule has 0 saturated heterocycles. The van der Waals surface area contributed by atoms with Gasteiger partial charge in [0.1, 0.15) is 0 Å². The average molecular weight is 170 g/mol. The van der Waals surface area contributed by atoms with Gasteiger partial charge in [0.15, 0.2) is 0 Å². The largest absolute Gasteiger partial charge is 0.213 e. The van der Waals surface area contributed by atoms with Gasteiger partial charge in [0, 0.05) is 26.2 Å². The number of aryl methyl sites for hydroxylation is 1. The zero-order chi connectivity index (χ0) is 4.41. The molecule has 1 heteroatoms. The molecule has 36 valence electrons. The molecule has 0 N–H and O–H groups in total. The summed E-state index contributed by atoms with van der Waals surface area (Å²) < 4.78 is 0. The Labute approximate surface area is 63.0 Å². The molecule has 0 aliphatic carbocycles. The standard InChI is InChI=1S/C6H7.Zr/c1-6-4-2-3-5-6;/h2-5H,1H3;/q-1;. The van der Waals surface area contributed by atoms with Crippen LogP contribution in [0.25, 0.3) is 0 Å². The number of rotatable bonds is 0. The van der Waals surface area contributed by atoms with E-state index >= 15 is 0 Å². The van der Waals surface area contributed by atoms with Gasteiger partial charge < -0.3 is 0 Å². The van der Waals surface area contributed by atoms with E-state index < -0.39 is 0 Å². The maximum Gasteiger partial charge on any atom is 0 e. The quantitative estimate of drug-likeness (QED) is 0.520. The predicted molar refractivity (Wildman–Crippen MR) is 26.8 cm³/mol. The summed E-state index contributed by atoms with van der Waals surface area (Å²) >= 11 is 0. The van der Waals surface area contributed by atoms with Crippen LogP contribution < -0.4 is 0 Å². The monoisotopic (exact) mass is 169 g/mol. The first kappa shape index (κ1) is 7.23. The molecule has 0 unspecified atom stereocenters. The molecule has 0 spiro atoms. The van der Waals surface area contributed by atoms with Crippen LogP contribution in [0.1, 0.15) is 5.56 Å². The van der Waals surface area contributed by atoms with Crippen LogP contribution in [0.15, 0.2) is 24.3 Å². The molecule has 0 aliphatic heterocycles. The van der Waals surface area contributed by atoms with Crippen LogP contribution in [-0.4, -0.2) is 0 Å². The second kappa shape index (κ2) is 3.26. The van der Waals surface area contributed by atoms with Gasteiger partial charge in [-0.1, -0.05) is 6.92 Å². The fourth-order valence-corrected chi connectivity index (χ4v) is 0.470. The van der Waals surface area contributed by atoms with Crippen molar-refractivity contribution in [3.05, 3.63) is 29.8 Å². The van der Waals surface area contributed by atoms with E-state index in [1.165, 1.54) is 5.56 Å². The molecule has 1 aromatic carbocycles. The van der Waals surface area contributed by atoms with Crippen molar-refractivity contribution in [3.8, 4) is 0 Å². The molecular weight excluding hydrogens is 163 g/mol. The molecule has 0 nitrogen and oxygen atoms in total. The third kappa shape index (κ3) is 2.13. The van der Waals surface area contributed by atoms with Gasteiger partial charge in [0.05, 0.1) is 0 Å². The van der Waals surface area contributed by atoms with Gasteiger partial charge in [-0.05, 0) is 0 Å². The van der Waals surface area contributed by atoms with Crippen molar-refractivity contribution in [2.45, 2.75) is 6.92 Å². The Morgan fingerprint density at radius 1 is 1.14 bits per heavy atom. The summed E-state index contributed by atoms with van der Waals surface area (Å²) in [5.41, 5.74) is 1.34. The van der Waals surface area contributed by atoms with E-state index in [9.17, 15) is 0 Å². The van der Waals surface area contributed by atoms with E-state index in [1.54, 1.807) is 0 Å². The summed E-state index contributed by atoms with van der Waals surface area (Å²) in [4.78, 5) is 0. The van der Waals surface area contributed by atoms with Gasteiger partial charge in [-0.3, -0.25) is 0 Å². The van der Waals surface area contributed by atoms with Crippen LogP contribution in [0.4, 0.5) is 0 Å². The molecule has 1 rings (SSSR count). The summed E-state index contributed by atoms with van der Waals surface area (Å²) in [5.74, 6) is 0. The van der Waals surface area contributed by atoms with Crippen LogP contribution in [0.5, 0.6) is 0 Å². The Balaban J connectivity index is 0.000000360. The Morgan fingerprint density at radius 2 is 1.57 bits per heavy atom. The Morgan fingerprint density at radius 3 is 1.71 bits per heavy atom. The SMILES string of the molecule is C[c-]1cccc1.[Zr]. The molecule has 0 aliphatic rings. The zero-order valence-corrected chi connectivity index (χ0v) is 6.77. The van der Waals surface area contributed by atoms with Crippen molar-refractivity contribution in [1.82, 2.24) is 0 Å². The van der Waals surface area contributed by atoms with E-state index in [0.29, 0.717) is 0 Å². The molecule has 7 heavy (non-hydrogen) atoms. The molecule has 1 aromatic rings. The smallest absolute Gasteiger partial charge is 0 e. The minimum atomic E-state index is 0. The van der Waals surface area contributed by atoms with Crippen LogP contribution in [0.2, 0.25) is 0 Å². The maximum atomic E-state index is 2.08. The third-order valence-electron chi connectivity index (χ3n) is 0.829. The van der Waals surface area contributed by atoms with Gasteiger partial charge in [0.25, 0.3) is 0 Å². The molecule has 0 aromatic heterocycles. The maximum absolute atomic E-state index is 2.08. The summed E-state index contributed by atoms with van der Waals surface area (Å²) in [6, 6.07) is 8.24. The van der Waals surface area contributed by atoms with Gasteiger partial charge >= 0.3 is 0 Å². The van der Waals surface area contributed by atoms with Gasteiger partial charge in [-0.15, -0.1) is 0 Å². The van der Waals surface area contributed by atoms with E-state index in [0.717, 1.165) is 0 Å². The minimum absolute atomic E-state index is 0. The summed E-state index contributed by atoms with van der Waals surface area (Å²) in [7, 11) is 0. The molecule has 0 radical (unpaired) electrons. The van der Waals surface area contributed by atoms with Crippen molar-refractivity contribution >= 4 is 0 Å². The summed E-state index contributed by atoms with van der Waals surface area (Å²) in [5, 5.41) is 0. The van der Waals surface area contributed by atoms with Gasteiger partial charge in [-0.25, -0.2) is 12.1 Å². The third-order valence-corrected chi connectivity index (χ3v) is 0.829. The van der Waals surface area contributed by atoms with E-state index in [4.69, 9.17) is 0 Å². The number of hydrogen-bond acceptors (Lipinski definition) is 0. The summed E-state index contributed by atoms with van der Waals surface area (Å²) in [6.45, 7) is 2.08. The fraction of sp³-hybridized carbons (Fsp3) is 0.167. The van der Waals surface area contributed by atoms with Crippen molar-refractivity contribution < 1.29 is 26.2 Å². The Kier molecular flexibility index (Phi) is 3.37. The first-order valence-corrected chi connectivity index (χ1v) is 2.08. The second-order valence-electron chi connectivity index (χ2n) is 1.46. The van der Waals surface area contributed by atoms with E-state index in [1.807, 2.05) is 12.1 Å². The van der Waals surface area contributed by atoms with Gasteiger partial charge in [0.2, 0.25) is 0 Å². The van der Waals surface area contributed by atoms with Crippen LogP contribution in [-0.2, 0) is 26.2 Å². The number of hydrogen-bond donors (Lipinski definition) is 0. The molecule has 0 atom stereocenters. The van der Waals surface area contributed by atoms with Crippen LogP contribution >= 0.6 is 0 Å². The van der Waals surface area contributed by atoms with Crippen molar-refractivity contribution in [2.24, 2.45) is 0 Å². The van der Waals surface area contributed by atoms with E-state index in [2.05, 4.69) is 19.1 Å². The fourth-order valence-electron chi connectivity index (χ4n) is 0.470. The van der Waals surface area contributed by atoms with E-state index in [-0.39, 0.29) is 26.2 Å². The minimum Gasteiger partial charge on any atom is -0.213 e. The van der Waals surface area contributed by atoms with Crippen molar-refractivity contribution in [2.75, 3.05) is 0 Å². The average Bonchev–Trinajstić information content (AvgIpc) is 1.86. The molecule has 0 bridgehead atoms.